The molecular weight excluding hydrogens is 265 g/mol. The highest BCUT2D eigenvalue weighted by Gasteiger charge is 2.30. The first-order chi connectivity index (χ1) is 9.38. The van der Waals surface area contributed by atoms with Crippen LogP contribution in [0.5, 0.6) is 0 Å². The summed E-state index contributed by atoms with van der Waals surface area (Å²) in [7, 11) is 0. The van der Waals surface area contributed by atoms with E-state index in [0.717, 1.165) is 38.1 Å². The molecule has 0 saturated heterocycles. The van der Waals surface area contributed by atoms with E-state index in [1.165, 1.54) is 6.07 Å². The molecule has 0 aliphatic heterocycles. The van der Waals surface area contributed by atoms with Gasteiger partial charge in [0, 0.05) is 12.6 Å². The molecule has 0 amide bonds. The lowest BCUT2D eigenvalue weighted by atomic mass is 10.0. The highest BCUT2D eigenvalue weighted by atomic mass is 19.4. The van der Waals surface area contributed by atoms with Gasteiger partial charge in [-0.25, -0.2) is 0 Å². The lowest BCUT2D eigenvalue weighted by Crippen LogP contribution is -2.33. The topological polar surface area (TPSA) is 29.3 Å². The number of alkyl halides is 3. The van der Waals surface area contributed by atoms with Gasteiger partial charge in [0.2, 0.25) is 0 Å². The standard InChI is InChI=1S/C15H23F3N2/c1-3-5-9-20(4-2)11-14(19)12-7-6-8-13(10-12)15(16,17)18/h6-8,10,14H,3-5,9,11,19H2,1-2H3. The van der Waals surface area contributed by atoms with Crippen LogP contribution < -0.4 is 5.73 Å². The molecule has 5 heteroatoms. The Morgan fingerprint density at radius 3 is 2.50 bits per heavy atom. The summed E-state index contributed by atoms with van der Waals surface area (Å²) in [6.45, 7) is 6.51. The van der Waals surface area contributed by atoms with Crippen molar-refractivity contribution in [1.29, 1.82) is 0 Å². The van der Waals surface area contributed by atoms with Crippen LogP contribution in [-0.4, -0.2) is 24.5 Å². The highest BCUT2D eigenvalue weighted by Crippen LogP contribution is 2.30. The summed E-state index contributed by atoms with van der Waals surface area (Å²) in [5, 5.41) is 0. The predicted molar refractivity (Wildman–Crippen MR) is 75.4 cm³/mol. The number of unbranched alkanes of at least 4 members (excludes halogenated alkanes) is 1. The number of hydrogen-bond acceptors (Lipinski definition) is 2. The van der Waals surface area contributed by atoms with Crippen LogP contribution in [0.4, 0.5) is 13.2 Å². The third-order valence-electron chi connectivity index (χ3n) is 3.37. The van der Waals surface area contributed by atoms with Crippen LogP contribution in [-0.2, 0) is 6.18 Å². The van der Waals surface area contributed by atoms with Gasteiger partial charge in [-0.2, -0.15) is 13.2 Å². The van der Waals surface area contributed by atoms with E-state index >= 15 is 0 Å². The van der Waals surface area contributed by atoms with Crippen LogP contribution in [0.25, 0.3) is 0 Å². The summed E-state index contributed by atoms with van der Waals surface area (Å²) in [4.78, 5) is 2.18. The third-order valence-corrected chi connectivity index (χ3v) is 3.37. The minimum absolute atomic E-state index is 0.394. The maximum absolute atomic E-state index is 12.7. The van der Waals surface area contributed by atoms with Crippen molar-refractivity contribution in [3.63, 3.8) is 0 Å². The molecule has 1 aromatic rings. The molecule has 0 aromatic heterocycles. The molecule has 0 aliphatic carbocycles. The quantitative estimate of drug-likeness (QED) is 0.826. The maximum atomic E-state index is 12.7. The summed E-state index contributed by atoms with van der Waals surface area (Å²) in [6.07, 6.45) is -2.15. The molecule has 2 N–H and O–H groups in total. The highest BCUT2D eigenvalue weighted by molar-refractivity contribution is 5.28. The Labute approximate surface area is 118 Å². The van der Waals surface area contributed by atoms with Gasteiger partial charge in [0.05, 0.1) is 5.56 Å². The van der Waals surface area contributed by atoms with Crippen molar-refractivity contribution in [2.75, 3.05) is 19.6 Å². The smallest absolute Gasteiger partial charge is 0.323 e. The molecule has 1 atom stereocenters. The van der Waals surface area contributed by atoms with Gasteiger partial charge < -0.3 is 10.6 Å². The zero-order valence-corrected chi connectivity index (χ0v) is 12.1. The number of rotatable bonds is 7. The molecule has 0 saturated carbocycles. The third kappa shape index (κ3) is 5.13. The molecule has 0 radical (unpaired) electrons. The Morgan fingerprint density at radius 1 is 1.25 bits per heavy atom. The van der Waals surface area contributed by atoms with E-state index in [-0.39, 0.29) is 0 Å². The van der Waals surface area contributed by atoms with Gasteiger partial charge in [0.15, 0.2) is 0 Å². The van der Waals surface area contributed by atoms with Crippen LogP contribution in [0.15, 0.2) is 24.3 Å². The summed E-state index contributed by atoms with van der Waals surface area (Å²) in [5.74, 6) is 0. The van der Waals surface area contributed by atoms with Gasteiger partial charge >= 0.3 is 6.18 Å². The zero-order valence-electron chi connectivity index (χ0n) is 12.1. The number of nitrogens with zero attached hydrogens (tertiary/aromatic N) is 1. The fourth-order valence-electron chi connectivity index (χ4n) is 2.09. The molecule has 114 valence electrons. The average Bonchev–Trinajstić information content (AvgIpc) is 2.42. The Kier molecular flexibility index (Phi) is 6.49. The van der Waals surface area contributed by atoms with E-state index in [1.807, 2.05) is 6.92 Å². The van der Waals surface area contributed by atoms with Gasteiger partial charge in [0.25, 0.3) is 0 Å². The molecule has 0 aliphatic rings. The molecular formula is C15H23F3N2. The average molecular weight is 288 g/mol. The van der Waals surface area contributed by atoms with Crippen LogP contribution in [0.2, 0.25) is 0 Å². The fraction of sp³-hybridized carbons (Fsp3) is 0.600. The molecule has 0 bridgehead atoms. The molecule has 1 rings (SSSR count). The number of benzene rings is 1. The van der Waals surface area contributed by atoms with Crippen LogP contribution >= 0.6 is 0 Å². The normalized spacial score (nSPS) is 13.8. The van der Waals surface area contributed by atoms with Crippen molar-refractivity contribution in [3.05, 3.63) is 35.4 Å². The molecule has 0 heterocycles. The Balaban J connectivity index is 2.73. The minimum Gasteiger partial charge on any atom is -0.323 e. The van der Waals surface area contributed by atoms with Crippen molar-refractivity contribution in [2.45, 2.75) is 38.9 Å². The molecule has 0 fully saturated rings. The van der Waals surface area contributed by atoms with Crippen molar-refractivity contribution >= 4 is 0 Å². The Morgan fingerprint density at radius 2 is 1.95 bits per heavy atom. The van der Waals surface area contributed by atoms with Crippen LogP contribution in [0, 0.1) is 0 Å². The van der Waals surface area contributed by atoms with E-state index in [1.54, 1.807) is 6.07 Å². The SMILES string of the molecule is CCCCN(CC)CC(N)c1cccc(C(F)(F)F)c1. The first kappa shape index (κ1) is 17.0. The summed E-state index contributed by atoms with van der Waals surface area (Å²) in [5.41, 5.74) is 5.95. The van der Waals surface area contributed by atoms with E-state index in [4.69, 9.17) is 5.73 Å². The molecule has 1 unspecified atom stereocenters. The predicted octanol–water partition coefficient (Wildman–Crippen LogP) is 3.83. The molecule has 2 nitrogen and oxygen atoms in total. The lowest BCUT2D eigenvalue weighted by molar-refractivity contribution is -0.137. The summed E-state index contributed by atoms with van der Waals surface area (Å²) < 4.78 is 38.0. The second kappa shape index (κ2) is 7.64. The van der Waals surface area contributed by atoms with E-state index in [9.17, 15) is 13.2 Å². The van der Waals surface area contributed by atoms with E-state index in [2.05, 4.69) is 11.8 Å². The van der Waals surface area contributed by atoms with Crippen molar-refractivity contribution in [3.8, 4) is 0 Å². The fourth-order valence-corrected chi connectivity index (χ4v) is 2.09. The Hall–Kier alpha value is -1.07. The second-order valence-electron chi connectivity index (χ2n) is 4.98. The van der Waals surface area contributed by atoms with Crippen LogP contribution in [0.3, 0.4) is 0 Å². The van der Waals surface area contributed by atoms with E-state index in [0.29, 0.717) is 12.1 Å². The first-order valence-electron chi connectivity index (χ1n) is 7.03. The van der Waals surface area contributed by atoms with Crippen LogP contribution in [0.1, 0.15) is 43.9 Å². The molecule has 20 heavy (non-hydrogen) atoms. The lowest BCUT2D eigenvalue weighted by Gasteiger charge is -2.24. The summed E-state index contributed by atoms with van der Waals surface area (Å²) >= 11 is 0. The maximum Gasteiger partial charge on any atom is 0.416 e. The van der Waals surface area contributed by atoms with Gasteiger partial charge in [0.1, 0.15) is 0 Å². The first-order valence-corrected chi connectivity index (χ1v) is 7.03. The second-order valence-corrected chi connectivity index (χ2v) is 4.98. The number of nitrogens with two attached hydrogens (primary N) is 1. The monoisotopic (exact) mass is 288 g/mol. The van der Waals surface area contributed by atoms with Gasteiger partial charge in [-0.15, -0.1) is 0 Å². The largest absolute Gasteiger partial charge is 0.416 e. The number of likely N-dealkylation sites (N-methyl/N-ethyl adjacent to an activating group) is 1. The van der Waals surface area contributed by atoms with Crippen molar-refractivity contribution in [1.82, 2.24) is 4.90 Å². The number of hydrogen-bond donors (Lipinski definition) is 1. The van der Waals surface area contributed by atoms with Gasteiger partial charge in [-0.05, 0) is 37.2 Å². The van der Waals surface area contributed by atoms with Gasteiger partial charge in [-0.1, -0.05) is 32.4 Å². The zero-order chi connectivity index (χ0) is 15.2. The molecule has 0 spiro atoms. The van der Waals surface area contributed by atoms with Gasteiger partial charge in [-0.3, -0.25) is 0 Å². The summed E-state index contributed by atoms with van der Waals surface area (Å²) in [6, 6.07) is 4.91. The number of halogens is 3. The van der Waals surface area contributed by atoms with E-state index < -0.39 is 17.8 Å². The molecule has 1 aromatic carbocycles. The van der Waals surface area contributed by atoms with Crippen molar-refractivity contribution < 1.29 is 13.2 Å². The minimum atomic E-state index is -4.32. The van der Waals surface area contributed by atoms with Crippen molar-refractivity contribution in [2.24, 2.45) is 5.73 Å². The Bertz CT molecular complexity index is 404.